The van der Waals surface area contributed by atoms with Gasteiger partial charge in [-0.1, -0.05) is 38.1 Å². The van der Waals surface area contributed by atoms with Crippen LogP contribution in [0.5, 0.6) is 0 Å². The maximum atomic E-state index is 14.9. The molecule has 10 heteroatoms. The van der Waals surface area contributed by atoms with E-state index in [1.807, 2.05) is 13.8 Å². The van der Waals surface area contributed by atoms with Crippen molar-refractivity contribution in [2.75, 3.05) is 40.0 Å². The lowest BCUT2D eigenvalue weighted by atomic mass is 9.82. The number of hydrogen-bond donors (Lipinski definition) is 2. The Balaban J connectivity index is 2.17. The zero-order valence-corrected chi connectivity index (χ0v) is 24.2. The zero-order valence-electron chi connectivity index (χ0n) is 24.2. The van der Waals surface area contributed by atoms with Gasteiger partial charge in [0, 0.05) is 46.2 Å². The fourth-order valence-corrected chi connectivity index (χ4v) is 5.34. The summed E-state index contributed by atoms with van der Waals surface area (Å²) in [5, 5.41) is 21.3. The molecule has 1 aliphatic rings. The van der Waals surface area contributed by atoms with Crippen LogP contribution in [0.15, 0.2) is 48.5 Å². The van der Waals surface area contributed by atoms with E-state index in [0.29, 0.717) is 18.4 Å². The van der Waals surface area contributed by atoms with Crippen molar-refractivity contribution in [3.8, 4) is 0 Å². The Bertz CT molecular complexity index is 1150. The number of benzene rings is 2. The minimum Gasteiger partial charge on any atom is -0.388 e. The SMILES string of the molecule is CO[C@@H]1CN(C(C)=O)C[C@H](C(C)C)[C@@H](c2cccc(F)c2)N(C(=O)c2ccccc2F)CCCCOC[C@@H](O)[C@H]1O. The highest BCUT2D eigenvalue weighted by atomic mass is 19.1. The Hall–Kier alpha value is -2.92. The normalized spacial score (nSPS) is 25.4. The van der Waals surface area contributed by atoms with Crippen LogP contribution in [0.1, 0.15) is 55.6 Å². The summed E-state index contributed by atoms with van der Waals surface area (Å²) < 4.78 is 40.6. The van der Waals surface area contributed by atoms with Gasteiger partial charge in [-0.2, -0.15) is 0 Å². The van der Waals surface area contributed by atoms with E-state index < -0.39 is 47.8 Å². The van der Waals surface area contributed by atoms with Gasteiger partial charge in [-0.05, 0) is 48.6 Å². The van der Waals surface area contributed by atoms with Crippen molar-refractivity contribution in [1.82, 2.24) is 9.80 Å². The summed E-state index contributed by atoms with van der Waals surface area (Å²) in [5.74, 6) is -2.51. The van der Waals surface area contributed by atoms with Crippen LogP contribution in [-0.2, 0) is 14.3 Å². The Kier molecular flexibility index (Phi) is 12.2. The predicted molar refractivity (Wildman–Crippen MR) is 150 cm³/mol. The maximum absolute atomic E-state index is 14.9. The smallest absolute Gasteiger partial charge is 0.257 e. The van der Waals surface area contributed by atoms with Gasteiger partial charge >= 0.3 is 0 Å². The van der Waals surface area contributed by atoms with Gasteiger partial charge in [-0.25, -0.2) is 8.78 Å². The second kappa shape index (κ2) is 15.3. The molecule has 1 aliphatic heterocycles. The van der Waals surface area contributed by atoms with E-state index in [2.05, 4.69) is 0 Å². The lowest BCUT2D eigenvalue weighted by Gasteiger charge is -2.42. The van der Waals surface area contributed by atoms with Crippen molar-refractivity contribution in [3.05, 3.63) is 71.3 Å². The van der Waals surface area contributed by atoms with E-state index in [1.165, 1.54) is 49.3 Å². The van der Waals surface area contributed by atoms with Crippen molar-refractivity contribution in [2.24, 2.45) is 11.8 Å². The molecule has 0 aromatic heterocycles. The van der Waals surface area contributed by atoms with Crippen LogP contribution in [-0.4, -0.2) is 90.1 Å². The summed E-state index contributed by atoms with van der Waals surface area (Å²) in [6, 6.07) is 11.0. The lowest BCUT2D eigenvalue weighted by Crippen LogP contribution is -2.51. The molecule has 1 fully saturated rings. The average Bonchev–Trinajstić information content (AvgIpc) is 2.94. The monoisotopic (exact) mass is 576 g/mol. The number of aliphatic hydroxyl groups excluding tert-OH is 2. The van der Waals surface area contributed by atoms with Gasteiger partial charge in [0.15, 0.2) is 0 Å². The highest BCUT2D eigenvalue weighted by molar-refractivity contribution is 5.94. The van der Waals surface area contributed by atoms with Gasteiger partial charge in [0.2, 0.25) is 5.91 Å². The summed E-state index contributed by atoms with van der Waals surface area (Å²) in [5.41, 5.74) is 0.427. The molecular weight excluding hydrogens is 534 g/mol. The first-order valence-corrected chi connectivity index (χ1v) is 14.1. The number of methoxy groups -OCH3 is 1. The minimum absolute atomic E-state index is 0.0373. The average molecular weight is 577 g/mol. The van der Waals surface area contributed by atoms with E-state index >= 15 is 0 Å². The molecule has 0 saturated carbocycles. The maximum Gasteiger partial charge on any atom is 0.257 e. The number of aliphatic hydroxyl groups is 2. The number of hydrogen-bond acceptors (Lipinski definition) is 6. The highest BCUT2D eigenvalue weighted by Gasteiger charge is 2.38. The number of rotatable bonds is 4. The quantitative estimate of drug-likeness (QED) is 0.575. The van der Waals surface area contributed by atoms with Gasteiger partial charge in [-0.15, -0.1) is 0 Å². The molecule has 0 spiro atoms. The first-order chi connectivity index (χ1) is 19.5. The summed E-state index contributed by atoms with van der Waals surface area (Å²) in [6.07, 6.45) is -2.48. The van der Waals surface area contributed by atoms with Crippen molar-refractivity contribution in [2.45, 2.75) is 58.0 Å². The van der Waals surface area contributed by atoms with Crippen LogP contribution in [0.4, 0.5) is 8.78 Å². The standard InChI is InChI=1S/C31H42F2N2O6/c1-20(2)25-17-34(21(3)36)18-28(40-4)30(38)27(37)19-41-15-8-7-14-35(29(25)22-10-9-11-23(32)16-22)31(39)24-12-5-6-13-26(24)33/h5-6,9-13,16,20,25,27-30,37-38H,7-8,14-15,17-19H2,1-4H3/t25-,27-,28-,29-,30-/m1/s1. The first-order valence-electron chi connectivity index (χ1n) is 14.1. The van der Waals surface area contributed by atoms with E-state index in [4.69, 9.17) is 9.47 Å². The molecule has 0 aliphatic carbocycles. The summed E-state index contributed by atoms with van der Waals surface area (Å²) in [6.45, 7) is 5.72. The zero-order chi connectivity index (χ0) is 30.1. The largest absolute Gasteiger partial charge is 0.388 e. The Morgan fingerprint density at radius 3 is 2.41 bits per heavy atom. The second-order valence-electron chi connectivity index (χ2n) is 10.9. The molecule has 2 aromatic carbocycles. The van der Waals surface area contributed by atoms with Gasteiger partial charge in [0.25, 0.3) is 5.91 Å². The molecule has 0 unspecified atom stereocenters. The van der Waals surface area contributed by atoms with E-state index in [9.17, 15) is 28.6 Å². The van der Waals surface area contributed by atoms with Gasteiger partial charge in [0.1, 0.15) is 29.9 Å². The fraction of sp³-hybridized carbons (Fsp3) is 0.548. The van der Waals surface area contributed by atoms with Crippen LogP contribution >= 0.6 is 0 Å². The number of carbonyl (C=O) groups excluding carboxylic acids is 2. The number of carbonyl (C=O) groups is 2. The van der Waals surface area contributed by atoms with Crippen LogP contribution in [0.25, 0.3) is 0 Å². The molecule has 8 nitrogen and oxygen atoms in total. The summed E-state index contributed by atoms with van der Waals surface area (Å²) in [4.78, 5) is 30.0. The third kappa shape index (κ3) is 8.54. The van der Waals surface area contributed by atoms with Crippen molar-refractivity contribution in [3.63, 3.8) is 0 Å². The Labute approximate surface area is 240 Å². The van der Waals surface area contributed by atoms with E-state index in [-0.39, 0.29) is 50.2 Å². The van der Waals surface area contributed by atoms with Crippen LogP contribution < -0.4 is 0 Å². The van der Waals surface area contributed by atoms with Crippen LogP contribution in [0.3, 0.4) is 0 Å². The van der Waals surface area contributed by atoms with Crippen LogP contribution in [0.2, 0.25) is 0 Å². The van der Waals surface area contributed by atoms with Crippen molar-refractivity contribution in [1.29, 1.82) is 0 Å². The minimum atomic E-state index is -1.32. The molecule has 5 atom stereocenters. The molecule has 0 bridgehead atoms. The highest BCUT2D eigenvalue weighted by Crippen LogP contribution is 2.36. The predicted octanol–water partition coefficient (Wildman–Crippen LogP) is 3.82. The number of ether oxygens (including phenoxy) is 2. The Morgan fingerprint density at radius 2 is 1.78 bits per heavy atom. The molecule has 0 radical (unpaired) electrons. The molecule has 41 heavy (non-hydrogen) atoms. The molecule has 2 amide bonds. The molecule has 1 saturated heterocycles. The third-order valence-corrected chi connectivity index (χ3v) is 7.73. The van der Waals surface area contributed by atoms with Gasteiger partial charge in [-0.3, -0.25) is 9.59 Å². The molecule has 3 rings (SSSR count). The summed E-state index contributed by atoms with van der Waals surface area (Å²) >= 11 is 0. The number of halogens is 2. The van der Waals surface area contributed by atoms with Gasteiger partial charge < -0.3 is 29.5 Å². The molecular formula is C31H42F2N2O6. The van der Waals surface area contributed by atoms with Crippen molar-refractivity contribution >= 4 is 11.8 Å². The molecule has 2 N–H and O–H groups in total. The van der Waals surface area contributed by atoms with E-state index in [0.717, 1.165) is 0 Å². The third-order valence-electron chi connectivity index (χ3n) is 7.73. The molecule has 226 valence electrons. The molecule has 2 aromatic rings. The van der Waals surface area contributed by atoms with E-state index in [1.54, 1.807) is 23.1 Å². The fourth-order valence-electron chi connectivity index (χ4n) is 5.34. The number of amides is 2. The second-order valence-corrected chi connectivity index (χ2v) is 10.9. The first kappa shape index (κ1) is 32.6. The topological polar surface area (TPSA) is 99.5 Å². The van der Waals surface area contributed by atoms with Gasteiger partial charge in [0.05, 0.1) is 18.2 Å². The van der Waals surface area contributed by atoms with Crippen molar-refractivity contribution < 1.29 is 38.1 Å². The number of nitrogens with zero attached hydrogens (tertiary/aromatic N) is 2. The Morgan fingerprint density at radius 1 is 1.05 bits per heavy atom. The molecule has 1 heterocycles. The lowest BCUT2D eigenvalue weighted by molar-refractivity contribution is -0.138. The summed E-state index contributed by atoms with van der Waals surface area (Å²) in [7, 11) is 1.39. The van der Waals surface area contributed by atoms with Crippen LogP contribution in [0, 0.1) is 23.5 Å².